The Kier molecular flexibility index (Phi) is 5.63. The van der Waals surface area contributed by atoms with Gasteiger partial charge in [-0.05, 0) is 96.7 Å². The Morgan fingerprint density at radius 1 is 0.690 bits per heavy atom. The molecule has 0 heterocycles. The number of fused-ring (bicyclic) bond motifs is 10. The molecule has 0 aliphatic heterocycles. The number of hydrogen-bond acceptors (Lipinski definition) is 0. The van der Waals surface area contributed by atoms with Crippen LogP contribution in [0.1, 0.15) is 53.6 Å². The second-order valence-electron chi connectivity index (χ2n) is 12.0. The smallest absolute Gasteiger partial charge is 0.0725 e. The third-order valence-electron chi connectivity index (χ3n) is 9.83. The van der Waals surface area contributed by atoms with E-state index in [0.29, 0.717) is 5.92 Å². The fourth-order valence-corrected chi connectivity index (χ4v) is 8.05. The van der Waals surface area contributed by atoms with Gasteiger partial charge in [-0.1, -0.05) is 148 Å². The number of hydrogen-bond donors (Lipinski definition) is 0. The van der Waals surface area contributed by atoms with E-state index in [1.807, 2.05) is 0 Å². The minimum Gasteiger partial charge on any atom is -0.0988 e. The second kappa shape index (κ2) is 9.43. The zero-order valence-corrected chi connectivity index (χ0v) is 24.3. The lowest BCUT2D eigenvalue weighted by Crippen LogP contribution is -2.25. The molecule has 0 bridgehead atoms. The molecule has 0 aromatic heterocycles. The van der Waals surface area contributed by atoms with Crippen molar-refractivity contribution >= 4 is 5.57 Å². The summed E-state index contributed by atoms with van der Waals surface area (Å²) in [5.41, 5.74) is 18.6. The Morgan fingerprint density at radius 3 is 1.95 bits per heavy atom. The fourth-order valence-electron chi connectivity index (χ4n) is 8.05. The Balaban J connectivity index is 1.38. The van der Waals surface area contributed by atoms with Gasteiger partial charge in [0.2, 0.25) is 0 Å². The maximum Gasteiger partial charge on any atom is 0.0725 e. The van der Waals surface area contributed by atoms with E-state index in [4.69, 9.17) is 0 Å². The van der Waals surface area contributed by atoms with Gasteiger partial charge in [0.1, 0.15) is 0 Å². The zero-order valence-electron chi connectivity index (χ0n) is 24.3. The molecule has 202 valence electrons. The third kappa shape index (κ3) is 3.30. The first-order valence-electron chi connectivity index (χ1n) is 15.3. The van der Waals surface area contributed by atoms with Crippen LogP contribution in [0.3, 0.4) is 0 Å². The van der Waals surface area contributed by atoms with Gasteiger partial charge in [0, 0.05) is 0 Å². The largest absolute Gasteiger partial charge is 0.0988 e. The van der Waals surface area contributed by atoms with E-state index < -0.39 is 0 Å². The van der Waals surface area contributed by atoms with Gasteiger partial charge in [0.15, 0.2) is 0 Å². The van der Waals surface area contributed by atoms with Crippen molar-refractivity contribution in [1.82, 2.24) is 0 Å². The molecule has 0 saturated carbocycles. The van der Waals surface area contributed by atoms with Crippen LogP contribution < -0.4 is 0 Å². The predicted octanol–water partition coefficient (Wildman–Crippen LogP) is 10.8. The van der Waals surface area contributed by atoms with Crippen LogP contribution in [-0.4, -0.2) is 0 Å². The van der Waals surface area contributed by atoms with E-state index in [1.165, 1.54) is 77.9 Å². The summed E-state index contributed by atoms with van der Waals surface area (Å²) in [7, 11) is 0. The highest BCUT2D eigenvalue weighted by molar-refractivity contribution is 6.00. The summed E-state index contributed by atoms with van der Waals surface area (Å²) < 4.78 is 0. The first kappa shape index (κ1) is 25.1. The lowest BCUT2D eigenvalue weighted by molar-refractivity contribution is 0.721. The van der Waals surface area contributed by atoms with Crippen LogP contribution in [0.15, 0.2) is 140 Å². The summed E-state index contributed by atoms with van der Waals surface area (Å²) >= 11 is 0. The van der Waals surface area contributed by atoms with Gasteiger partial charge in [-0.2, -0.15) is 0 Å². The monoisotopic (exact) mass is 538 g/mol. The van der Waals surface area contributed by atoms with E-state index in [9.17, 15) is 0 Å². The predicted molar refractivity (Wildman–Crippen MR) is 178 cm³/mol. The molecule has 1 spiro atoms. The van der Waals surface area contributed by atoms with Gasteiger partial charge in [-0.3, -0.25) is 0 Å². The van der Waals surface area contributed by atoms with Gasteiger partial charge in [0.05, 0.1) is 5.41 Å². The fraction of sp³-hybridized carbons (Fsp3) is 0.143. The molecule has 0 heteroatoms. The Bertz CT molecular complexity index is 1930. The van der Waals surface area contributed by atoms with Gasteiger partial charge in [0.25, 0.3) is 0 Å². The lowest BCUT2D eigenvalue weighted by Gasteiger charge is -2.30. The summed E-state index contributed by atoms with van der Waals surface area (Å²) in [4.78, 5) is 0. The number of rotatable bonds is 4. The molecule has 0 N–H and O–H groups in total. The van der Waals surface area contributed by atoms with Crippen LogP contribution in [0, 0.1) is 5.92 Å². The molecule has 3 aliphatic rings. The average Bonchev–Trinajstić information content (AvgIpc) is 3.52. The number of allylic oxidation sites excluding steroid dienone is 5. The molecule has 3 aliphatic carbocycles. The molecule has 0 nitrogen and oxygen atoms in total. The van der Waals surface area contributed by atoms with E-state index in [0.717, 1.165) is 12.8 Å². The van der Waals surface area contributed by atoms with Gasteiger partial charge in [-0.25, -0.2) is 0 Å². The number of aryl methyl sites for hydroxylation is 1. The maximum absolute atomic E-state index is 4.15. The molecule has 1 atom stereocenters. The molecular weight excluding hydrogens is 504 g/mol. The Hall–Kier alpha value is -4.68. The van der Waals surface area contributed by atoms with E-state index in [-0.39, 0.29) is 5.41 Å². The first-order valence-corrected chi connectivity index (χ1v) is 15.3. The molecule has 0 amide bonds. The molecule has 0 saturated heterocycles. The molecule has 1 unspecified atom stereocenters. The summed E-state index contributed by atoms with van der Waals surface area (Å²) in [5.74, 6) is 0.552. The Morgan fingerprint density at radius 2 is 1.29 bits per heavy atom. The van der Waals surface area contributed by atoms with Crippen LogP contribution >= 0.6 is 0 Å². The molecule has 0 fully saturated rings. The molecule has 5 aromatic carbocycles. The topological polar surface area (TPSA) is 0 Å². The number of benzene rings is 5. The SMILES string of the molecule is C=CC1=C(c2ccc(-c3cccc4c3-c3ccccc3C43c4ccccc4-c4ccccc43)cc2CC)C=CC(C)C1. The van der Waals surface area contributed by atoms with Crippen LogP contribution in [0.2, 0.25) is 0 Å². The lowest BCUT2D eigenvalue weighted by atomic mass is 9.70. The highest BCUT2D eigenvalue weighted by Gasteiger charge is 2.51. The highest BCUT2D eigenvalue weighted by atomic mass is 14.5. The quantitative estimate of drug-likeness (QED) is 0.209. The van der Waals surface area contributed by atoms with E-state index in [2.05, 4.69) is 148 Å². The molecule has 0 radical (unpaired) electrons. The first-order chi connectivity index (χ1) is 20.7. The summed E-state index contributed by atoms with van der Waals surface area (Å²) in [6, 6.07) is 41.3. The van der Waals surface area contributed by atoms with Crippen molar-refractivity contribution in [2.45, 2.75) is 32.1 Å². The minimum absolute atomic E-state index is 0.310. The van der Waals surface area contributed by atoms with E-state index in [1.54, 1.807) is 0 Å². The van der Waals surface area contributed by atoms with Crippen LogP contribution in [0.4, 0.5) is 0 Å². The average molecular weight is 539 g/mol. The van der Waals surface area contributed by atoms with E-state index >= 15 is 0 Å². The standard InChI is InChI=1S/C42H34/c1-4-28-25-27(3)21-23-31(28)32-24-22-30(26-29(32)5-2)33-16-12-20-40-41(33)36-15-8-11-19-39(36)42(40)37-17-9-6-13-34(37)35-14-7-10-18-38(35)42/h4,6-24,26-27H,1,5,25H2,2-3H3. The maximum atomic E-state index is 4.15. The third-order valence-corrected chi connectivity index (χ3v) is 9.83. The summed E-state index contributed by atoms with van der Waals surface area (Å²) in [6.45, 7) is 8.71. The van der Waals surface area contributed by atoms with Crippen LogP contribution in [-0.2, 0) is 11.8 Å². The van der Waals surface area contributed by atoms with Crippen molar-refractivity contribution in [1.29, 1.82) is 0 Å². The van der Waals surface area contributed by atoms with Crippen LogP contribution in [0.25, 0.3) is 39.0 Å². The van der Waals surface area contributed by atoms with Crippen molar-refractivity contribution in [2.75, 3.05) is 0 Å². The van der Waals surface area contributed by atoms with Crippen LogP contribution in [0.5, 0.6) is 0 Å². The summed E-state index contributed by atoms with van der Waals surface area (Å²) in [6.07, 6.45) is 8.74. The molecule has 42 heavy (non-hydrogen) atoms. The van der Waals surface area contributed by atoms with Crippen molar-refractivity contribution in [3.8, 4) is 33.4 Å². The van der Waals surface area contributed by atoms with Gasteiger partial charge in [-0.15, -0.1) is 0 Å². The zero-order chi connectivity index (χ0) is 28.4. The second-order valence-corrected chi connectivity index (χ2v) is 12.0. The minimum atomic E-state index is -0.310. The summed E-state index contributed by atoms with van der Waals surface area (Å²) in [5, 5.41) is 0. The van der Waals surface area contributed by atoms with Crippen molar-refractivity contribution in [3.63, 3.8) is 0 Å². The van der Waals surface area contributed by atoms with Crippen molar-refractivity contribution in [2.24, 2.45) is 5.92 Å². The Labute approximate surface area is 249 Å². The van der Waals surface area contributed by atoms with Crippen molar-refractivity contribution in [3.05, 3.63) is 173 Å². The molecule has 8 rings (SSSR count). The molecule has 5 aromatic rings. The highest BCUT2D eigenvalue weighted by Crippen LogP contribution is 2.63. The molecular formula is C42H34. The van der Waals surface area contributed by atoms with Crippen molar-refractivity contribution < 1.29 is 0 Å². The van der Waals surface area contributed by atoms with Gasteiger partial charge >= 0.3 is 0 Å². The normalized spacial score (nSPS) is 17.1. The van der Waals surface area contributed by atoms with Gasteiger partial charge < -0.3 is 0 Å².